The number of amides is 1. The van der Waals surface area contributed by atoms with Gasteiger partial charge in [-0.2, -0.15) is 0 Å². The van der Waals surface area contributed by atoms with Crippen LogP contribution in [0.5, 0.6) is 0 Å². The summed E-state index contributed by atoms with van der Waals surface area (Å²) in [5.41, 5.74) is 1.59. The molecule has 0 unspecified atom stereocenters. The van der Waals surface area contributed by atoms with Gasteiger partial charge in [0.15, 0.2) is 0 Å². The van der Waals surface area contributed by atoms with E-state index in [-0.39, 0.29) is 5.97 Å². The van der Waals surface area contributed by atoms with Crippen molar-refractivity contribution in [3.63, 3.8) is 0 Å². The predicted octanol–water partition coefficient (Wildman–Crippen LogP) is 4.40. The van der Waals surface area contributed by atoms with E-state index in [0.29, 0.717) is 6.42 Å². The number of carbonyl (C=O) groups is 2. The average molecular weight is 363 g/mol. The lowest BCUT2D eigenvalue weighted by atomic mass is 10.1. The molecule has 1 aromatic carbocycles. The van der Waals surface area contributed by atoms with E-state index in [1.54, 1.807) is 11.9 Å². The molecule has 0 fully saturated rings. The Labute approximate surface area is 158 Å². The highest BCUT2D eigenvalue weighted by Gasteiger charge is 2.15. The molecule has 1 amide bonds. The first kappa shape index (κ1) is 22.0. The molecule has 26 heavy (non-hydrogen) atoms. The Bertz CT molecular complexity index is 567. The predicted molar refractivity (Wildman–Crippen MR) is 108 cm³/mol. The number of anilines is 2. The monoisotopic (exact) mass is 362 g/mol. The Hall–Kier alpha value is -2.04. The number of hydrogen-bond donors (Lipinski definition) is 0. The van der Waals surface area contributed by atoms with E-state index in [9.17, 15) is 9.59 Å². The summed E-state index contributed by atoms with van der Waals surface area (Å²) in [5, 5.41) is 0. The van der Waals surface area contributed by atoms with Gasteiger partial charge in [0.25, 0.3) is 0 Å². The van der Waals surface area contributed by atoms with Crippen molar-refractivity contribution >= 4 is 23.8 Å². The van der Waals surface area contributed by atoms with Crippen molar-refractivity contribution in [2.24, 2.45) is 0 Å². The third-order valence-electron chi connectivity index (χ3n) is 4.13. The van der Waals surface area contributed by atoms with Crippen LogP contribution in [0.15, 0.2) is 24.3 Å². The summed E-state index contributed by atoms with van der Waals surface area (Å²) in [6.45, 7) is 6.63. The van der Waals surface area contributed by atoms with Crippen LogP contribution in [0.3, 0.4) is 0 Å². The Morgan fingerprint density at radius 1 is 1.00 bits per heavy atom. The third-order valence-corrected chi connectivity index (χ3v) is 4.13. The zero-order chi connectivity index (χ0) is 19.6. The van der Waals surface area contributed by atoms with Gasteiger partial charge in [0.1, 0.15) is 5.60 Å². The van der Waals surface area contributed by atoms with E-state index in [2.05, 4.69) is 11.9 Å². The Balaban J connectivity index is 2.24. The second-order valence-corrected chi connectivity index (χ2v) is 7.73. The number of benzene rings is 1. The van der Waals surface area contributed by atoms with Crippen LogP contribution in [0.25, 0.3) is 0 Å². The molecule has 0 atom stereocenters. The topological polar surface area (TPSA) is 49.9 Å². The van der Waals surface area contributed by atoms with E-state index < -0.39 is 5.60 Å². The number of nitrogens with zero attached hydrogens (tertiary/aromatic N) is 2. The highest BCUT2D eigenvalue weighted by atomic mass is 16.6. The molecule has 0 aliphatic rings. The van der Waals surface area contributed by atoms with Crippen LogP contribution in [-0.2, 0) is 14.3 Å². The van der Waals surface area contributed by atoms with E-state index in [0.717, 1.165) is 56.4 Å². The van der Waals surface area contributed by atoms with Crippen LogP contribution < -0.4 is 9.80 Å². The first-order valence-electron chi connectivity index (χ1n) is 9.45. The first-order valence-corrected chi connectivity index (χ1v) is 9.45. The zero-order valence-corrected chi connectivity index (χ0v) is 17.0. The van der Waals surface area contributed by atoms with Crippen molar-refractivity contribution in [2.45, 2.75) is 64.9 Å². The molecule has 0 spiro atoms. The molecule has 0 heterocycles. The van der Waals surface area contributed by atoms with Crippen molar-refractivity contribution in [1.29, 1.82) is 0 Å². The SMILES string of the molecule is CN(C=O)c1ccccc1N(C)CCCCCCCC(=O)OC(C)(C)C. The number of ether oxygens (including phenoxy) is 1. The second-order valence-electron chi connectivity index (χ2n) is 7.73. The number of carbonyl (C=O) groups excluding carboxylic acids is 2. The molecule has 0 bridgehead atoms. The molecule has 0 radical (unpaired) electrons. The van der Waals surface area contributed by atoms with Crippen molar-refractivity contribution < 1.29 is 14.3 Å². The first-order chi connectivity index (χ1) is 12.2. The maximum absolute atomic E-state index is 11.6. The minimum Gasteiger partial charge on any atom is -0.460 e. The van der Waals surface area contributed by atoms with Crippen molar-refractivity contribution in [1.82, 2.24) is 0 Å². The van der Waals surface area contributed by atoms with E-state index >= 15 is 0 Å². The molecule has 0 saturated carbocycles. The minimum atomic E-state index is -0.393. The molecular weight excluding hydrogens is 328 g/mol. The lowest BCUT2D eigenvalue weighted by Crippen LogP contribution is -2.23. The maximum atomic E-state index is 11.6. The zero-order valence-electron chi connectivity index (χ0n) is 17.0. The fourth-order valence-electron chi connectivity index (χ4n) is 2.80. The summed E-state index contributed by atoms with van der Waals surface area (Å²) in [5.74, 6) is -0.104. The normalized spacial score (nSPS) is 11.1. The molecule has 0 aliphatic heterocycles. The van der Waals surface area contributed by atoms with Crippen LogP contribution in [0.1, 0.15) is 59.3 Å². The average Bonchev–Trinajstić information content (AvgIpc) is 2.58. The van der Waals surface area contributed by atoms with Gasteiger partial charge in [-0.3, -0.25) is 9.59 Å². The third kappa shape index (κ3) is 8.37. The van der Waals surface area contributed by atoms with Crippen LogP contribution in [0.2, 0.25) is 0 Å². The van der Waals surface area contributed by atoms with Crippen molar-refractivity contribution in [3.8, 4) is 0 Å². The molecule has 0 N–H and O–H groups in total. The number of unbranched alkanes of at least 4 members (excludes halogenated alkanes) is 4. The fraction of sp³-hybridized carbons (Fsp3) is 0.619. The number of esters is 1. The largest absolute Gasteiger partial charge is 0.460 e. The van der Waals surface area contributed by atoms with Crippen LogP contribution >= 0.6 is 0 Å². The quantitative estimate of drug-likeness (QED) is 0.333. The molecule has 0 aromatic heterocycles. The van der Waals surface area contributed by atoms with Gasteiger partial charge in [-0.1, -0.05) is 31.4 Å². The van der Waals surface area contributed by atoms with Gasteiger partial charge in [0.2, 0.25) is 6.41 Å². The van der Waals surface area contributed by atoms with Gasteiger partial charge >= 0.3 is 5.97 Å². The van der Waals surface area contributed by atoms with Crippen molar-refractivity contribution in [2.75, 3.05) is 30.4 Å². The molecule has 146 valence electrons. The summed E-state index contributed by atoms with van der Waals surface area (Å²) in [4.78, 5) is 26.5. The molecule has 0 saturated heterocycles. The molecule has 0 aliphatic carbocycles. The van der Waals surface area contributed by atoms with Gasteiger partial charge in [-0.15, -0.1) is 0 Å². The summed E-state index contributed by atoms with van der Waals surface area (Å²) in [7, 11) is 3.82. The standard InChI is InChI=1S/C21H34N2O3/c1-21(2,3)26-20(25)15-9-7-6-8-12-16-22(4)18-13-10-11-14-19(18)23(5)17-24/h10-11,13-14,17H,6-9,12,15-16H2,1-5H3. The highest BCUT2D eigenvalue weighted by Crippen LogP contribution is 2.27. The van der Waals surface area contributed by atoms with Gasteiger partial charge in [-0.25, -0.2) is 0 Å². The minimum absolute atomic E-state index is 0.104. The van der Waals surface area contributed by atoms with Gasteiger partial charge in [0.05, 0.1) is 11.4 Å². The van der Waals surface area contributed by atoms with Gasteiger partial charge < -0.3 is 14.5 Å². The number of hydrogen-bond acceptors (Lipinski definition) is 4. The van der Waals surface area contributed by atoms with E-state index in [4.69, 9.17) is 4.74 Å². The summed E-state index contributed by atoms with van der Waals surface area (Å²) < 4.78 is 5.31. The Morgan fingerprint density at radius 3 is 2.19 bits per heavy atom. The highest BCUT2D eigenvalue weighted by molar-refractivity contribution is 5.83. The van der Waals surface area contributed by atoms with Crippen molar-refractivity contribution in [3.05, 3.63) is 24.3 Å². The molecular formula is C21H34N2O3. The van der Waals surface area contributed by atoms with E-state index in [1.807, 2.05) is 45.0 Å². The lowest BCUT2D eigenvalue weighted by molar-refractivity contribution is -0.154. The van der Waals surface area contributed by atoms with Gasteiger partial charge in [0, 0.05) is 27.1 Å². The number of rotatable bonds is 11. The second kappa shape index (κ2) is 10.8. The Morgan fingerprint density at radius 2 is 1.58 bits per heavy atom. The fourth-order valence-corrected chi connectivity index (χ4v) is 2.80. The van der Waals surface area contributed by atoms with Crippen LogP contribution in [-0.4, -0.2) is 38.6 Å². The Kier molecular flexibility index (Phi) is 9.17. The summed E-state index contributed by atoms with van der Waals surface area (Å²) in [6.07, 6.45) is 6.60. The summed E-state index contributed by atoms with van der Waals surface area (Å²) in [6, 6.07) is 7.93. The molecule has 1 aromatic rings. The summed E-state index contributed by atoms with van der Waals surface area (Å²) >= 11 is 0. The lowest BCUT2D eigenvalue weighted by Gasteiger charge is -2.25. The maximum Gasteiger partial charge on any atom is 0.306 e. The molecule has 1 rings (SSSR count). The van der Waals surface area contributed by atoms with Crippen LogP contribution in [0.4, 0.5) is 11.4 Å². The number of para-hydroxylation sites is 2. The van der Waals surface area contributed by atoms with E-state index in [1.165, 1.54) is 0 Å². The van der Waals surface area contributed by atoms with Crippen LogP contribution in [0, 0.1) is 0 Å². The van der Waals surface area contributed by atoms with Gasteiger partial charge in [-0.05, 0) is 45.7 Å². The molecule has 5 heteroatoms. The molecule has 5 nitrogen and oxygen atoms in total. The smallest absolute Gasteiger partial charge is 0.306 e.